The van der Waals surface area contributed by atoms with Gasteiger partial charge in [0, 0.05) is 6.54 Å². The van der Waals surface area contributed by atoms with Gasteiger partial charge in [-0.2, -0.15) is 4.37 Å². The van der Waals surface area contributed by atoms with Crippen LogP contribution >= 0.6 is 11.5 Å². The molecular weight excluding hydrogens is 334 g/mol. The zero-order valence-electron chi connectivity index (χ0n) is 13.7. The Kier molecular flexibility index (Phi) is 4.29. The molecule has 1 aromatic heterocycles. The minimum absolute atomic E-state index is 0.178. The maximum Gasteiger partial charge on any atom is 0.410 e. The lowest BCUT2D eigenvalue weighted by atomic mass is 10.0. The van der Waals surface area contributed by atoms with Crippen LogP contribution in [0.25, 0.3) is 15.7 Å². The van der Waals surface area contributed by atoms with Crippen LogP contribution in [0.5, 0.6) is 0 Å². The van der Waals surface area contributed by atoms with E-state index < -0.39 is 23.3 Å². The summed E-state index contributed by atoms with van der Waals surface area (Å²) in [5.74, 6) is -0.999. The first-order chi connectivity index (χ1) is 11.3. The average molecular weight is 352 g/mol. The van der Waals surface area contributed by atoms with Crippen molar-refractivity contribution < 1.29 is 18.3 Å². The summed E-state index contributed by atoms with van der Waals surface area (Å²) in [6.45, 7) is 6.20. The summed E-state index contributed by atoms with van der Waals surface area (Å²) in [4.78, 5) is 13.8. The van der Waals surface area contributed by atoms with Gasteiger partial charge in [0.25, 0.3) is 0 Å². The molecule has 2 aromatic rings. The van der Waals surface area contributed by atoms with E-state index in [4.69, 9.17) is 4.74 Å². The van der Waals surface area contributed by atoms with Gasteiger partial charge in [0.1, 0.15) is 17.2 Å². The third-order valence-corrected chi connectivity index (χ3v) is 4.49. The van der Waals surface area contributed by atoms with Gasteiger partial charge in [-0.15, -0.1) is 0 Å². The maximum atomic E-state index is 14.2. The number of hydrogen-bond acceptors (Lipinski definition) is 4. The molecule has 1 amide bonds. The van der Waals surface area contributed by atoms with Crippen LogP contribution in [0, 0.1) is 11.6 Å². The lowest BCUT2D eigenvalue weighted by molar-refractivity contribution is 0.0273. The molecule has 0 bridgehead atoms. The second-order valence-electron chi connectivity index (χ2n) is 6.68. The first kappa shape index (κ1) is 16.8. The third kappa shape index (κ3) is 3.26. The zero-order chi connectivity index (χ0) is 17.5. The summed E-state index contributed by atoms with van der Waals surface area (Å²) in [5, 5.41) is 0.178. The van der Waals surface area contributed by atoms with Gasteiger partial charge < -0.3 is 9.64 Å². The molecule has 24 heavy (non-hydrogen) atoms. The van der Waals surface area contributed by atoms with Crippen LogP contribution < -0.4 is 0 Å². The molecule has 0 atom stereocenters. The van der Waals surface area contributed by atoms with Crippen molar-refractivity contribution in [1.29, 1.82) is 0 Å². The molecule has 1 aromatic carbocycles. The fraction of sp³-hybridized carbons (Fsp3) is 0.412. The number of hydrogen-bond donors (Lipinski definition) is 0. The number of rotatable bonds is 1. The van der Waals surface area contributed by atoms with Crippen molar-refractivity contribution in [1.82, 2.24) is 9.27 Å². The van der Waals surface area contributed by atoms with Gasteiger partial charge in [0.15, 0.2) is 0 Å². The first-order valence-electron chi connectivity index (χ1n) is 7.67. The molecule has 128 valence electrons. The molecule has 0 radical (unpaired) electrons. The molecule has 0 saturated carbocycles. The van der Waals surface area contributed by atoms with Crippen LogP contribution in [-0.2, 0) is 4.74 Å². The smallest absolute Gasteiger partial charge is 0.410 e. The molecule has 0 N–H and O–H groups in total. The van der Waals surface area contributed by atoms with Crippen molar-refractivity contribution >= 4 is 33.3 Å². The van der Waals surface area contributed by atoms with Gasteiger partial charge in [0.05, 0.1) is 22.3 Å². The summed E-state index contributed by atoms with van der Waals surface area (Å²) in [6, 6.07) is 2.20. The Morgan fingerprint density at radius 2 is 2.00 bits per heavy atom. The average Bonchev–Trinajstić information content (AvgIpc) is 2.96. The Morgan fingerprint density at radius 3 is 2.71 bits per heavy atom. The Hall–Kier alpha value is -2.02. The van der Waals surface area contributed by atoms with Crippen molar-refractivity contribution in [3.63, 3.8) is 0 Å². The van der Waals surface area contributed by atoms with Gasteiger partial charge >= 0.3 is 6.09 Å². The third-order valence-electron chi connectivity index (χ3n) is 3.63. The fourth-order valence-corrected chi connectivity index (χ4v) is 3.43. The van der Waals surface area contributed by atoms with E-state index in [1.54, 1.807) is 25.7 Å². The molecule has 1 aliphatic heterocycles. The van der Waals surface area contributed by atoms with E-state index in [0.717, 1.165) is 23.7 Å². The number of carbonyl (C=O) groups excluding carboxylic acids is 1. The molecule has 0 unspecified atom stereocenters. The number of fused-ring (bicyclic) bond motifs is 1. The molecule has 7 heteroatoms. The molecular formula is C17H18F2N2O2S. The highest BCUT2D eigenvalue weighted by Crippen LogP contribution is 2.33. The Labute approximate surface area is 142 Å². The number of nitrogens with zero attached hydrogens (tertiary/aromatic N) is 2. The molecule has 0 fully saturated rings. The van der Waals surface area contributed by atoms with E-state index in [1.807, 2.05) is 6.08 Å². The molecule has 2 heterocycles. The summed E-state index contributed by atoms with van der Waals surface area (Å²) in [6.07, 6.45) is 2.11. The number of halogens is 2. The predicted molar refractivity (Wildman–Crippen MR) is 89.9 cm³/mol. The number of aromatic nitrogens is 1. The molecule has 0 aliphatic carbocycles. The van der Waals surface area contributed by atoms with Crippen molar-refractivity contribution in [2.75, 3.05) is 13.1 Å². The molecule has 1 aliphatic rings. The maximum absolute atomic E-state index is 14.2. The predicted octanol–water partition coefficient (Wildman–Crippen LogP) is 4.60. The van der Waals surface area contributed by atoms with Crippen molar-refractivity contribution in [3.8, 4) is 0 Å². The van der Waals surface area contributed by atoms with Crippen LogP contribution in [0.4, 0.5) is 13.6 Å². The Bertz CT molecular complexity index is 824. The first-order valence-corrected chi connectivity index (χ1v) is 8.44. The summed E-state index contributed by atoms with van der Waals surface area (Å²) < 4.78 is 37.8. The Morgan fingerprint density at radius 1 is 1.29 bits per heavy atom. The van der Waals surface area contributed by atoms with E-state index in [2.05, 4.69) is 4.37 Å². The van der Waals surface area contributed by atoms with Gasteiger partial charge in [-0.25, -0.2) is 13.6 Å². The van der Waals surface area contributed by atoms with E-state index in [1.165, 1.54) is 0 Å². The highest BCUT2D eigenvalue weighted by molar-refractivity contribution is 7.13. The molecule has 3 rings (SSSR count). The van der Waals surface area contributed by atoms with Crippen LogP contribution in [0.1, 0.15) is 32.9 Å². The van der Waals surface area contributed by atoms with Crippen LogP contribution in [-0.4, -0.2) is 34.1 Å². The zero-order valence-corrected chi connectivity index (χ0v) is 14.5. The monoisotopic (exact) mass is 352 g/mol. The standard InChI is InChI=1S/C17H18F2N2O2S/c1-17(2,3)23-16(22)21-8-4-5-10(9-21)14-13-11(18)6-7-12(19)15(13)24-20-14/h5-7H,4,8-9H2,1-3H3. The Balaban J connectivity index is 1.90. The van der Waals surface area contributed by atoms with Gasteiger partial charge in [-0.05, 0) is 56.4 Å². The van der Waals surface area contributed by atoms with Crippen molar-refractivity contribution in [3.05, 3.63) is 35.5 Å². The molecule has 0 spiro atoms. The lowest BCUT2D eigenvalue weighted by Crippen LogP contribution is -2.39. The SMILES string of the molecule is CC(C)(C)OC(=O)N1CCC=C(c2nsc3c(F)ccc(F)c23)C1. The van der Waals surface area contributed by atoms with Gasteiger partial charge in [-0.3, -0.25) is 0 Å². The number of amides is 1. The van der Waals surface area contributed by atoms with Gasteiger partial charge in [-0.1, -0.05) is 6.08 Å². The van der Waals surface area contributed by atoms with E-state index in [-0.39, 0.29) is 16.6 Å². The summed E-state index contributed by atoms with van der Waals surface area (Å²) in [7, 11) is 0. The second kappa shape index (κ2) is 6.12. The van der Waals surface area contributed by atoms with Crippen LogP contribution in [0.3, 0.4) is 0 Å². The second-order valence-corrected chi connectivity index (χ2v) is 7.46. The van der Waals surface area contributed by atoms with Gasteiger partial charge in [0.2, 0.25) is 0 Å². The largest absolute Gasteiger partial charge is 0.444 e. The highest BCUT2D eigenvalue weighted by Gasteiger charge is 2.27. The number of ether oxygens (including phenoxy) is 1. The quantitative estimate of drug-likeness (QED) is 0.753. The van der Waals surface area contributed by atoms with E-state index in [0.29, 0.717) is 24.2 Å². The molecule has 0 saturated heterocycles. The van der Waals surface area contributed by atoms with E-state index in [9.17, 15) is 13.6 Å². The topological polar surface area (TPSA) is 42.4 Å². The lowest BCUT2D eigenvalue weighted by Gasteiger charge is -2.30. The van der Waals surface area contributed by atoms with Crippen LogP contribution in [0.15, 0.2) is 18.2 Å². The van der Waals surface area contributed by atoms with Crippen molar-refractivity contribution in [2.45, 2.75) is 32.8 Å². The number of benzene rings is 1. The fourth-order valence-electron chi connectivity index (χ4n) is 2.60. The summed E-state index contributed by atoms with van der Waals surface area (Å²) in [5.41, 5.74) is 0.532. The van der Waals surface area contributed by atoms with Crippen LogP contribution in [0.2, 0.25) is 0 Å². The van der Waals surface area contributed by atoms with Crippen molar-refractivity contribution in [2.24, 2.45) is 0 Å². The minimum Gasteiger partial charge on any atom is -0.444 e. The highest BCUT2D eigenvalue weighted by atomic mass is 32.1. The molecule has 4 nitrogen and oxygen atoms in total. The minimum atomic E-state index is -0.582. The van der Waals surface area contributed by atoms with E-state index >= 15 is 0 Å². The normalized spacial score (nSPS) is 15.5. The summed E-state index contributed by atoms with van der Waals surface area (Å²) >= 11 is 0.927. The number of carbonyl (C=O) groups is 1.